The number of hydrogen-bond acceptors (Lipinski definition) is 5. The second kappa shape index (κ2) is 8.21. The number of aryl methyl sites for hydroxylation is 1. The number of aromatic nitrogens is 1. The molecule has 1 amide bonds. The Kier molecular flexibility index (Phi) is 5.30. The van der Waals surface area contributed by atoms with Gasteiger partial charge in [0, 0.05) is 11.1 Å². The number of ether oxygens (including phenoxy) is 1. The maximum Gasteiger partial charge on any atom is 0.339 e. The Morgan fingerprint density at radius 2 is 1.80 bits per heavy atom. The zero-order chi connectivity index (χ0) is 21.1. The highest BCUT2D eigenvalue weighted by atomic mass is 16.5. The first kappa shape index (κ1) is 19.4. The number of furan rings is 1. The van der Waals surface area contributed by atoms with Crippen LogP contribution in [0, 0.1) is 6.92 Å². The van der Waals surface area contributed by atoms with E-state index < -0.39 is 18.0 Å². The third kappa shape index (κ3) is 3.93. The lowest BCUT2D eigenvalue weighted by atomic mass is 10.1. The van der Waals surface area contributed by atoms with E-state index in [1.807, 2.05) is 43.3 Å². The van der Waals surface area contributed by atoms with Crippen LogP contribution in [0.1, 0.15) is 22.8 Å². The molecule has 1 unspecified atom stereocenters. The molecule has 2 aromatic heterocycles. The number of esters is 1. The number of hydrogen-bond donors (Lipinski definition) is 1. The van der Waals surface area contributed by atoms with Crippen LogP contribution in [0.15, 0.2) is 77.4 Å². The van der Waals surface area contributed by atoms with E-state index in [-0.39, 0.29) is 0 Å². The minimum atomic E-state index is -0.976. The van der Waals surface area contributed by atoms with Crippen molar-refractivity contribution in [1.82, 2.24) is 4.98 Å². The Hall–Kier alpha value is -3.93. The third-order valence-electron chi connectivity index (χ3n) is 4.77. The van der Waals surface area contributed by atoms with Gasteiger partial charge in [-0.25, -0.2) is 9.78 Å². The molecule has 0 saturated heterocycles. The Bertz CT molecular complexity index is 1220. The average Bonchev–Trinajstić information content (AvgIpc) is 3.29. The maximum absolute atomic E-state index is 13.0. The Balaban J connectivity index is 1.59. The number of anilines is 1. The molecule has 0 aliphatic rings. The molecule has 0 bridgehead atoms. The number of nitrogens with one attached hydrogen (secondary N) is 1. The first-order chi connectivity index (χ1) is 14.5. The number of benzene rings is 2. The number of rotatable bonds is 5. The average molecular weight is 400 g/mol. The maximum atomic E-state index is 13.0. The van der Waals surface area contributed by atoms with Crippen molar-refractivity contribution in [3.05, 3.63) is 84.1 Å². The summed E-state index contributed by atoms with van der Waals surface area (Å²) in [6.07, 6.45) is 0.568. The molecule has 2 aromatic carbocycles. The molecule has 1 atom stereocenters. The zero-order valence-corrected chi connectivity index (χ0v) is 16.6. The van der Waals surface area contributed by atoms with E-state index in [2.05, 4.69) is 10.3 Å². The van der Waals surface area contributed by atoms with Gasteiger partial charge in [-0.15, -0.1) is 0 Å². The fraction of sp³-hybridized carbons (Fsp3) is 0.125. The molecule has 6 nitrogen and oxygen atoms in total. The summed E-state index contributed by atoms with van der Waals surface area (Å²) in [6, 6.07) is 19.8. The van der Waals surface area contributed by atoms with Gasteiger partial charge in [0.15, 0.2) is 11.9 Å². The van der Waals surface area contributed by atoms with Gasteiger partial charge in [-0.3, -0.25) is 4.79 Å². The van der Waals surface area contributed by atoms with Crippen LogP contribution in [0.4, 0.5) is 5.69 Å². The summed E-state index contributed by atoms with van der Waals surface area (Å²) in [5.41, 5.74) is 3.08. The second-order valence-corrected chi connectivity index (χ2v) is 6.90. The SMILES string of the molecule is Cc1ccccc1NC(=O)C(C)OC(=O)c1cc(-c2ccco2)nc2ccccc12. The molecule has 0 aliphatic heterocycles. The van der Waals surface area contributed by atoms with Gasteiger partial charge in [-0.1, -0.05) is 36.4 Å². The quantitative estimate of drug-likeness (QED) is 0.478. The van der Waals surface area contributed by atoms with E-state index in [0.717, 1.165) is 5.56 Å². The molecule has 4 rings (SSSR count). The van der Waals surface area contributed by atoms with E-state index in [0.29, 0.717) is 33.6 Å². The predicted molar refractivity (Wildman–Crippen MR) is 114 cm³/mol. The lowest BCUT2D eigenvalue weighted by Gasteiger charge is -2.15. The summed E-state index contributed by atoms with van der Waals surface area (Å²) in [5, 5.41) is 3.44. The first-order valence-corrected chi connectivity index (χ1v) is 9.54. The molecule has 30 heavy (non-hydrogen) atoms. The lowest BCUT2D eigenvalue weighted by Crippen LogP contribution is -2.30. The standard InChI is InChI=1S/C24H20N2O4/c1-15-8-3-5-10-19(15)26-23(27)16(2)30-24(28)18-14-21(22-12-7-13-29-22)25-20-11-6-4-9-17(18)20/h3-14,16H,1-2H3,(H,26,27). The van der Waals surface area contributed by atoms with Crippen LogP contribution in [0.2, 0.25) is 0 Å². The Labute approximate surface area is 173 Å². The highest BCUT2D eigenvalue weighted by Crippen LogP contribution is 2.26. The number of amides is 1. The number of carbonyl (C=O) groups excluding carboxylic acids is 2. The fourth-order valence-electron chi connectivity index (χ4n) is 3.12. The molecule has 0 aliphatic carbocycles. The van der Waals surface area contributed by atoms with E-state index in [9.17, 15) is 9.59 Å². The number of carbonyl (C=O) groups is 2. The van der Waals surface area contributed by atoms with Crippen molar-refractivity contribution in [1.29, 1.82) is 0 Å². The summed E-state index contributed by atoms with van der Waals surface area (Å²) in [5.74, 6) is -0.462. The number of nitrogens with zero attached hydrogens (tertiary/aromatic N) is 1. The van der Waals surface area contributed by atoms with Gasteiger partial charge in [-0.05, 0) is 49.7 Å². The molecular formula is C24H20N2O4. The van der Waals surface area contributed by atoms with Crippen LogP contribution in [0.5, 0.6) is 0 Å². The van der Waals surface area contributed by atoms with Gasteiger partial charge in [0.25, 0.3) is 5.91 Å². The van der Waals surface area contributed by atoms with Crippen LogP contribution in [0.3, 0.4) is 0 Å². The van der Waals surface area contributed by atoms with Crippen molar-refractivity contribution in [3.8, 4) is 11.5 Å². The van der Waals surface area contributed by atoms with Crippen molar-refractivity contribution in [3.63, 3.8) is 0 Å². The van der Waals surface area contributed by atoms with Crippen LogP contribution in [-0.4, -0.2) is 23.0 Å². The predicted octanol–water partition coefficient (Wildman–Crippen LogP) is 4.99. The molecule has 1 N–H and O–H groups in total. The first-order valence-electron chi connectivity index (χ1n) is 9.54. The summed E-state index contributed by atoms with van der Waals surface area (Å²) >= 11 is 0. The fourth-order valence-corrected chi connectivity index (χ4v) is 3.12. The summed E-state index contributed by atoms with van der Waals surface area (Å²) < 4.78 is 10.9. The molecule has 0 spiro atoms. The summed E-state index contributed by atoms with van der Waals surface area (Å²) in [6.45, 7) is 3.44. The molecule has 6 heteroatoms. The second-order valence-electron chi connectivity index (χ2n) is 6.90. The lowest BCUT2D eigenvalue weighted by molar-refractivity contribution is -0.123. The molecule has 150 valence electrons. The number of pyridine rings is 1. The van der Waals surface area contributed by atoms with Crippen LogP contribution in [0.25, 0.3) is 22.4 Å². The van der Waals surface area contributed by atoms with Crippen molar-refractivity contribution in [2.24, 2.45) is 0 Å². The van der Waals surface area contributed by atoms with Crippen LogP contribution >= 0.6 is 0 Å². The van der Waals surface area contributed by atoms with Gasteiger partial charge >= 0.3 is 5.97 Å². The van der Waals surface area contributed by atoms with Crippen molar-refractivity contribution >= 4 is 28.5 Å². The van der Waals surface area contributed by atoms with E-state index in [1.165, 1.54) is 0 Å². The van der Waals surface area contributed by atoms with Crippen molar-refractivity contribution in [2.45, 2.75) is 20.0 Å². The molecule has 0 saturated carbocycles. The largest absolute Gasteiger partial charge is 0.463 e. The molecule has 0 fully saturated rings. The van der Waals surface area contributed by atoms with E-state index in [4.69, 9.17) is 9.15 Å². The zero-order valence-electron chi connectivity index (χ0n) is 16.6. The van der Waals surface area contributed by atoms with E-state index >= 15 is 0 Å². The molecule has 2 heterocycles. The van der Waals surface area contributed by atoms with Crippen LogP contribution < -0.4 is 5.32 Å². The minimum Gasteiger partial charge on any atom is -0.463 e. The summed E-state index contributed by atoms with van der Waals surface area (Å²) in [4.78, 5) is 30.0. The minimum absolute atomic E-state index is 0.322. The number of fused-ring (bicyclic) bond motifs is 1. The van der Waals surface area contributed by atoms with Crippen LogP contribution in [-0.2, 0) is 9.53 Å². The van der Waals surface area contributed by atoms with E-state index in [1.54, 1.807) is 43.5 Å². The Morgan fingerprint density at radius 3 is 2.57 bits per heavy atom. The summed E-state index contributed by atoms with van der Waals surface area (Å²) in [7, 11) is 0. The monoisotopic (exact) mass is 400 g/mol. The highest BCUT2D eigenvalue weighted by molar-refractivity contribution is 6.06. The van der Waals surface area contributed by atoms with Crippen molar-refractivity contribution in [2.75, 3.05) is 5.32 Å². The Morgan fingerprint density at radius 1 is 1.03 bits per heavy atom. The molecule has 4 aromatic rings. The number of para-hydroxylation sites is 2. The van der Waals surface area contributed by atoms with Gasteiger partial charge in [-0.2, -0.15) is 0 Å². The third-order valence-corrected chi connectivity index (χ3v) is 4.77. The highest BCUT2D eigenvalue weighted by Gasteiger charge is 2.22. The van der Waals surface area contributed by atoms with Gasteiger partial charge in [0.05, 0.1) is 17.3 Å². The van der Waals surface area contributed by atoms with Gasteiger partial charge in [0.1, 0.15) is 5.69 Å². The normalized spacial score (nSPS) is 11.8. The molecule has 0 radical (unpaired) electrons. The van der Waals surface area contributed by atoms with Crippen molar-refractivity contribution < 1.29 is 18.7 Å². The van der Waals surface area contributed by atoms with Gasteiger partial charge < -0.3 is 14.5 Å². The molecular weight excluding hydrogens is 380 g/mol. The topological polar surface area (TPSA) is 81.4 Å². The van der Waals surface area contributed by atoms with Gasteiger partial charge in [0.2, 0.25) is 0 Å². The smallest absolute Gasteiger partial charge is 0.339 e.